The molecule has 1 aromatic heterocycles. The van der Waals surface area contributed by atoms with Crippen molar-refractivity contribution in [1.29, 1.82) is 0 Å². The molecule has 0 saturated carbocycles. The second-order valence-corrected chi connectivity index (χ2v) is 4.79. The highest BCUT2D eigenvalue weighted by Gasteiger charge is 2.06. The number of benzene rings is 1. The summed E-state index contributed by atoms with van der Waals surface area (Å²) < 4.78 is 5.56. The Morgan fingerprint density at radius 3 is 2.71 bits per heavy atom. The number of carboxylic acids is 1. The SMILES string of the molecule is Cc1ccc(OCc2nc(CC(=O)O)cc(=O)[nH]2)cc1C. The Morgan fingerprint density at radius 2 is 2.05 bits per heavy atom. The molecular weight excluding hydrogens is 272 g/mol. The van der Waals surface area contributed by atoms with Crippen molar-refractivity contribution in [1.82, 2.24) is 9.97 Å². The number of aromatic nitrogens is 2. The first-order valence-corrected chi connectivity index (χ1v) is 6.45. The van der Waals surface area contributed by atoms with Crippen molar-refractivity contribution >= 4 is 5.97 Å². The molecule has 21 heavy (non-hydrogen) atoms. The van der Waals surface area contributed by atoms with Crippen LogP contribution in [0.3, 0.4) is 0 Å². The lowest BCUT2D eigenvalue weighted by Crippen LogP contribution is -2.16. The van der Waals surface area contributed by atoms with Crippen molar-refractivity contribution in [2.24, 2.45) is 0 Å². The van der Waals surface area contributed by atoms with Crippen molar-refractivity contribution in [2.75, 3.05) is 0 Å². The van der Waals surface area contributed by atoms with Crippen LogP contribution in [0.5, 0.6) is 5.75 Å². The van der Waals surface area contributed by atoms with E-state index in [1.165, 1.54) is 6.07 Å². The zero-order valence-electron chi connectivity index (χ0n) is 11.8. The monoisotopic (exact) mass is 288 g/mol. The molecule has 1 heterocycles. The average Bonchev–Trinajstić information content (AvgIpc) is 2.39. The molecule has 0 atom stereocenters. The number of ether oxygens (including phenoxy) is 1. The van der Waals surface area contributed by atoms with Crippen LogP contribution in [0.25, 0.3) is 0 Å². The van der Waals surface area contributed by atoms with Crippen molar-refractivity contribution in [3.8, 4) is 5.75 Å². The number of H-pyrrole nitrogens is 1. The van der Waals surface area contributed by atoms with Crippen LogP contribution in [0.1, 0.15) is 22.6 Å². The predicted octanol–water partition coefficient (Wildman–Crippen LogP) is 1.59. The zero-order chi connectivity index (χ0) is 15.4. The smallest absolute Gasteiger partial charge is 0.309 e. The topological polar surface area (TPSA) is 92.3 Å². The number of hydrogen-bond acceptors (Lipinski definition) is 4. The van der Waals surface area contributed by atoms with Crippen LogP contribution in [0.2, 0.25) is 0 Å². The van der Waals surface area contributed by atoms with Crippen LogP contribution in [-0.2, 0) is 17.8 Å². The number of aliphatic carboxylic acids is 1. The molecule has 0 spiro atoms. The van der Waals surface area contributed by atoms with E-state index in [1.54, 1.807) is 0 Å². The Balaban J connectivity index is 2.12. The van der Waals surface area contributed by atoms with Crippen LogP contribution in [0.4, 0.5) is 0 Å². The summed E-state index contributed by atoms with van der Waals surface area (Å²) in [4.78, 5) is 28.7. The van der Waals surface area contributed by atoms with Crippen molar-refractivity contribution in [2.45, 2.75) is 26.9 Å². The Hall–Kier alpha value is -2.63. The summed E-state index contributed by atoms with van der Waals surface area (Å²) in [6.07, 6.45) is -0.291. The van der Waals surface area contributed by atoms with Gasteiger partial charge in [0, 0.05) is 6.07 Å². The molecule has 0 aliphatic heterocycles. The minimum Gasteiger partial charge on any atom is -0.486 e. The van der Waals surface area contributed by atoms with Crippen LogP contribution >= 0.6 is 0 Å². The average molecular weight is 288 g/mol. The van der Waals surface area contributed by atoms with Gasteiger partial charge in [0.15, 0.2) is 0 Å². The molecule has 0 aliphatic rings. The van der Waals surface area contributed by atoms with Gasteiger partial charge in [0.1, 0.15) is 18.2 Å². The minimum atomic E-state index is -1.03. The Labute approximate surface area is 121 Å². The molecule has 0 bridgehead atoms. The molecule has 0 fully saturated rings. The number of aryl methyl sites for hydroxylation is 2. The summed E-state index contributed by atoms with van der Waals surface area (Å²) in [6, 6.07) is 6.85. The highest BCUT2D eigenvalue weighted by molar-refractivity contribution is 5.69. The van der Waals surface area contributed by atoms with Gasteiger partial charge < -0.3 is 14.8 Å². The summed E-state index contributed by atoms with van der Waals surface area (Å²) in [7, 11) is 0. The predicted molar refractivity (Wildman–Crippen MR) is 76.4 cm³/mol. The first-order chi connectivity index (χ1) is 9.94. The molecule has 0 saturated heterocycles. The van der Waals surface area contributed by atoms with Crippen molar-refractivity contribution in [3.05, 3.63) is 57.3 Å². The maximum atomic E-state index is 11.5. The number of carboxylic acid groups (broad SMARTS) is 1. The summed E-state index contributed by atoms with van der Waals surface area (Å²) in [5.41, 5.74) is 2.09. The van der Waals surface area contributed by atoms with E-state index in [9.17, 15) is 9.59 Å². The number of carbonyl (C=O) groups is 1. The Morgan fingerprint density at radius 1 is 1.29 bits per heavy atom. The molecule has 1 aromatic carbocycles. The van der Waals surface area contributed by atoms with Gasteiger partial charge in [-0.25, -0.2) is 4.98 Å². The van der Waals surface area contributed by atoms with Crippen LogP contribution in [-0.4, -0.2) is 21.0 Å². The summed E-state index contributed by atoms with van der Waals surface area (Å²) in [5.74, 6) is -0.0597. The fourth-order valence-electron chi connectivity index (χ4n) is 1.83. The summed E-state index contributed by atoms with van der Waals surface area (Å²) in [6.45, 7) is 4.06. The third-order valence-electron chi connectivity index (χ3n) is 3.03. The lowest BCUT2D eigenvalue weighted by Gasteiger charge is -2.08. The molecule has 0 amide bonds. The molecular formula is C15H16N2O4. The molecule has 2 aromatic rings. The standard InChI is InChI=1S/C15H16N2O4/c1-9-3-4-12(5-10(9)2)21-8-13-16-11(7-15(19)20)6-14(18)17-13/h3-6H,7-8H2,1-2H3,(H,19,20)(H,16,17,18). The maximum absolute atomic E-state index is 11.5. The largest absolute Gasteiger partial charge is 0.486 e. The van der Waals surface area contributed by atoms with Crippen LogP contribution < -0.4 is 10.3 Å². The highest BCUT2D eigenvalue weighted by Crippen LogP contribution is 2.17. The lowest BCUT2D eigenvalue weighted by molar-refractivity contribution is -0.136. The van der Waals surface area contributed by atoms with Crippen LogP contribution in [0.15, 0.2) is 29.1 Å². The molecule has 110 valence electrons. The van der Waals surface area contributed by atoms with Gasteiger partial charge in [0.05, 0.1) is 12.1 Å². The zero-order valence-corrected chi connectivity index (χ0v) is 11.8. The number of hydrogen-bond donors (Lipinski definition) is 2. The van der Waals surface area contributed by atoms with Gasteiger partial charge in [-0.3, -0.25) is 9.59 Å². The molecule has 6 heteroatoms. The van der Waals surface area contributed by atoms with Gasteiger partial charge in [0.2, 0.25) is 0 Å². The normalized spacial score (nSPS) is 10.4. The Bertz CT molecular complexity index is 722. The highest BCUT2D eigenvalue weighted by atomic mass is 16.5. The van der Waals surface area contributed by atoms with E-state index in [1.807, 2.05) is 32.0 Å². The number of rotatable bonds is 5. The van der Waals surface area contributed by atoms with E-state index in [-0.39, 0.29) is 24.3 Å². The van der Waals surface area contributed by atoms with E-state index >= 15 is 0 Å². The molecule has 2 rings (SSSR count). The lowest BCUT2D eigenvalue weighted by atomic mass is 10.1. The van der Waals surface area contributed by atoms with Gasteiger partial charge >= 0.3 is 5.97 Å². The molecule has 0 aliphatic carbocycles. The minimum absolute atomic E-state index is 0.0746. The number of nitrogens with zero attached hydrogens (tertiary/aromatic N) is 1. The summed E-state index contributed by atoms with van der Waals surface area (Å²) in [5, 5.41) is 8.73. The molecule has 0 radical (unpaired) electrons. The Kier molecular flexibility index (Phi) is 4.37. The molecule has 0 unspecified atom stereocenters. The quantitative estimate of drug-likeness (QED) is 0.871. The second kappa shape index (κ2) is 6.21. The van der Waals surface area contributed by atoms with Gasteiger partial charge in [-0.05, 0) is 37.1 Å². The fourth-order valence-corrected chi connectivity index (χ4v) is 1.83. The van der Waals surface area contributed by atoms with E-state index in [4.69, 9.17) is 9.84 Å². The number of aromatic amines is 1. The fraction of sp³-hybridized carbons (Fsp3) is 0.267. The van der Waals surface area contributed by atoms with Crippen molar-refractivity contribution < 1.29 is 14.6 Å². The third kappa shape index (κ3) is 4.17. The first kappa shape index (κ1) is 14.8. The summed E-state index contributed by atoms with van der Waals surface area (Å²) >= 11 is 0. The van der Waals surface area contributed by atoms with E-state index in [0.717, 1.165) is 11.1 Å². The van der Waals surface area contributed by atoms with Gasteiger partial charge in [-0.1, -0.05) is 6.07 Å². The molecule has 6 nitrogen and oxygen atoms in total. The van der Waals surface area contributed by atoms with Gasteiger partial charge in [0.25, 0.3) is 5.56 Å². The van der Waals surface area contributed by atoms with Crippen molar-refractivity contribution in [3.63, 3.8) is 0 Å². The number of nitrogens with one attached hydrogen (secondary N) is 1. The second-order valence-electron chi connectivity index (χ2n) is 4.79. The van der Waals surface area contributed by atoms with Gasteiger partial charge in [-0.15, -0.1) is 0 Å². The first-order valence-electron chi connectivity index (χ1n) is 6.45. The van der Waals surface area contributed by atoms with E-state index < -0.39 is 5.97 Å². The third-order valence-corrected chi connectivity index (χ3v) is 3.03. The van der Waals surface area contributed by atoms with Crippen LogP contribution in [0, 0.1) is 13.8 Å². The van der Waals surface area contributed by atoms with Gasteiger partial charge in [-0.2, -0.15) is 0 Å². The van der Waals surface area contributed by atoms with E-state index in [2.05, 4.69) is 9.97 Å². The molecule has 2 N–H and O–H groups in total. The maximum Gasteiger partial charge on any atom is 0.309 e. The van der Waals surface area contributed by atoms with E-state index in [0.29, 0.717) is 11.6 Å².